The van der Waals surface area contributed by atoms with Crippen LogP contribution in [0.1, 0.15) is 44.3 Å². The first-order chi connectivity index (χ1) is 9.69. The van der Waals surface area contributed by atoms with Gasteiger partial charge in [-0.3, -0.25) is 10.1 Å². The summed E-state index contributed by atoms with van der Waals surface area (Å²) in [5, 5.41) is 4.23. The van der Waals surface area contributed by atoms with Gasteiger partial charge in [-0.25, -0.2) is 0 Å². The van der Waals surface area contributed by atoms with E-state index in [9.17, 15) is 4.79 Å². The molecule has 2 fully saturated rings. The van der Waals surface area contributed by atoms with Gasteiger partial charge >= 0.3 is 0 Å². The minimum Gasteiger partial charge on any atom is -0.321 e. The summed E-state index contributed by atoms with van der Waals surface area (Å²) in [5.74, 6) is 0.967. The number of carbonyl (C=O) groups is 1. The van der Waals surface area contributed by atoms with Gasteiger partial charge in [0.25, 0.3) is 0 Å². The van der Waals surface area contributed by atoms with Crippen molar-refractivity contribution in [3.63, 3.8) is 0 Å². The van der Waals surface area contributed by atoms with Gasteiger partial charge in [0.2, 0.25) is 5.91 Å². The molecule has 1 aliphatic carbocycles. The molecule has 1 amide bonds. The lowest BCUT2D eigenvalue weighted by Crippen LogP contribution is -2.32. The molecule has 2 aliphatic rings. The number of halogens is 1. The second-order valence-corrected chi connectivity index (χ2v) is 6.33. The molecule has 0 radical (unpaired) electrons. The number of carbonyl (C=O) groups excluding carboxylic acids is 1. The monoisotopic (exact) mass is 292 g/mol. The lowest BCUT2D eigenvalue weighted by molar-refractivity contribution is -0.130. The fraction of sp³-hybridized carbons (Fsp3) is 0.562. The SMILES string of the molecule is CCCC1NC(c2ccc(Cl)cc2)N(CC2CC2)C1=O. The molecule has 1 heterocycles. The van der Waals surface area contributed by atoms with Gasteiger partial charge in [-0.1, -0.05) is 37.1 Å². The van der Waals surface area contributed by atoms with Gasteiger partial charge in [0.05, 0.1) is 6.04 Å². The molecule has 2 atom stereocenters. The predicted octanol–water partition coefficient (Wildman–Crippen LogP) is 3.35. The average Bonchev–Trinajstić information content (AvgIpc) is 3.21. The van der Waals surface area contributed by atoms with E-state index in [4.69, 9.17) is 11.6 Å². The molecule has 1 aromatic carbocycles. The fourth-order valence-electron chi connectivity index (χ4n) is 2.87. The Balaban J connectivity index is 1.81. The Morgan fingerprint density at radius 2 is 2.00 bits per heavy atom. The highest BCUT2D eigenvalue weighted by molar-refractivity contribution is 6.30. The highest BCUT2D eigenvalue weighted by atomic mass is 35.5. The molecule has 108 valence electrons. The minimum atomic E-state index is -0.0283. The first kappa shape index (κ1) is 13.9. The summed E-state index contributed by atoms with van der Waals surface area (Å²) in [5.41, 5.74) is 1.13. The van der Waals surface area contributed by atoms with Crippen LogP contribution in [0.2, 0.25) is 5.02 Å². The molecular formula is C16H21ClN2O. The van der Waals surface area contributed by atoms with Crippen molar-refractivity contribution in [2.45, 2.75) is 44.8 Å². The normalized spacial score (nSPS) is 26.3. The summed E-state index contributed by atoms with van der Waals surface area (Å²) in [6.45, 7) is 3.01. The number of amides is 1. The molecule has 3 nitrogen and oxygen atoms in total. The van der Waals surface area contributed by atoms with Crippen LogP contribution >= 0.6 is 11.6 Å². The van der Waals surface area contributed by atoms with Gasteiger partial charge in [0, 0.05) is 11.6 Å². The van der Waals surface area contributed by atoms with Crippen LogP contribution in [0.15, 0.2) is 24.3 Å². The zero-order valence-corrected chi connectivity index (χ0v) is 12.6. The molecule has 3 rings (SSSR count). The summed E-state index contributed by atoms with van der Waals surface area (Å²) < 4.78 is 0. The number of rotatable bonds is 5. The van der Waals surface area contributed by atoms with Gasteiger partial charge < -0.3 is 4.90 Å². The highest BCUT2D eigenvalue weighted by Gasteiger charge is 2.41. The molecule has 1 saturated heterocycles. The van der Waals surface area contributed by atoms with Gasteiger partial charge in [0.15, 0.2) is 0 Å². The van der Waals surface area contributed by atoms with Crippen LogP contribution in [-0.4, -0.2) is 23.4 Å². The van der Waals surface area contributed by atoms with E-state index in [2.05, 4.69) is 12.2 Å². The molecule has 1 saturated carbocycles. The summed E-state index contributed by atoms with van der Waals surface area (Å²) >= 11 is 5.96. The van der Waals surface area contributed by atoms with Crippen molar-refractivity contribution in [2.75, 3.05) is 6.54 Å². The molecule has 20 heavy (non-hydrogen) atoms. The predicted molar refractivity (Wildman–Crippen MR) is 80.5 cm³/mol. The van der Waals surface area contributed by atoms with Crippen LogP contribution in [0.3, 0.4) is 0 Å². The number of nitrogens with one attached hydrogen (secondary N) is 1. The quantitative estimate of drug-likeness (QED) is 0.903. The second kappa shape index (κ2) is 5.74. The maximum absolute atomic E-state index is 12.5. The number of hydrogen-bond acceptors (Lipinski definition) is 2. The maximum Gasteiger partial charge on any atom is 0.241 e. The van der Waals surface area contributed by atoms with Gasteiger partial charge in [-0.2, -0.15) is 0 Å². The van der Waals surface area contributed by atoms with Crippen LogP contribution < -0.4 is 5.32 Å². The molecular weight excluding hydrogens is 272 g/mol. The highest BCUT2D eigenvalue weighted by Crippen LogP contribution is 2.35. The lowest BCUT2D eigenvalue weighted by atomic mass is 10.1. The van der Waals surface area contributed by atoms with Crippen molar-refractivity contribution >= 4 is 17.5 Å². The second-order valence-electron chi connectivity index (χ2n) is 5.90. The van der Waals surface area contributed by atoms with E-state index < -0.39 is 0 Å². The molecule has 1 aromatic rings. The third-order valence-electron chi connectivity index (χ3n) is 4.17. The number of hydrogen-bond donors (Lipinski definition) is 1. The largest absolute Gasteiger partial charge is 0.321 e. The standard InChI is InChI=1S/C16H21ClN2O/c1-2-3-14-16(20)19(10-11-4-5-11)15(18-14)12-6-8-13(17)9-7-12/h6-9,11,14-15,18H,2-5,10H2,1H3. The van der Waals surface area contributed by atoms with Crippen molar-refractivity contribution in [2.24, 2.45) is 5.92 Å². The smallest absolute Gasteiger partial charge is 0.241 e. The van der Waals surface area contributed by atoms with Gasteiger partial charge in [-0.05, 0) is 42.9 Å². The summed E-state index contributed by atoms with van der Waals surface area (Å²) in [7, 11) is 0. The number of benzene rings is 1. The van der Waals surface area contributed by atoms with Crippen molar-refractivity contribution < 1.29 is 4.79 Å². The van der Waals surface area contributed by atoms with E-state index in [1.54, 1.807) is 0 Å². The summed E-state index contributed by atoms with van der Waals surface area (Å²) in [6, 6.07) is 7.79. The molecule has 2 unspecified atom stereocenters. The van der Waals surface area contributed by atoms with Crippen LogP contribution in [0, 0.1) is 5.92 Å². The molecule has 0 bridgehead atoms. The van der Waals surface area contributed by atoms with E-state index in [0.717, 1.165) is 30.0 Å². The summed E-state index contributed by atoms with van der Waals surface area (Å²) in [4.78, 5) is 14.6. The van der Waals surface area contributed by atoms with Crippen molar-refractivity contribution in [3.05, 3.63) is 34.9 Å². The van der Waals surface area contributed by atoms with Crippen LogP contribution in [0.4, 0.5) is 0 Å². The summed E-state index contributed by atoms with van der Waals surface area (Å²) in [6.07, 6.45) is 4.46. The van der Waals surface area contributed by atoms with Crippen molar-refractivity contribution in [3.8, 4) is 0 Å². The number of nitrogens with zero attached hydrogens (tertiary/aromatic N) is 1. The average molecular weight is 293 g/mol. The zero-order valence-electron chi connectivity index (χ0n) is 11.8. The Morgan fingerprint density at radius 1 is 1.30 bits per heavy atom. The Kier molecular flexibility index (Phi) is 3.99. The minimum absolute atomic E-state index is 0.0110. The van der Waals surface area contributed by atoms with Crippen molar-refractivity contribution in [1.82, 2.24) is 10.2 Å². The lowest BCUT2D eigenvalue weighted by Gasteiger charge is -2.24. The molecule has 4 heteroatoms. The van der Waals surface area contributed by atoms with E-state index in [1.165, 1.54) is 12.8 Å². The van der Waals surface area contributed by atoms with Crippen LogP contribution in [-0.2, 0) is 4.79 Å². The van der Waals surface area contributed by atoms with Crippen LogP contribution in [0.5, 0.6) is 0 Å². The topological polar surface area (TPSA) is 32.3 Å². The molecule has 1 aliphatic heterocycles. The van der Waals surface area contributed by atoms with Crippen molar-refractivity contribution in [1.29, 1.82) is 0 Å². The molecule has 0 aromatic heterocycles. The van der Waals surface area contributed by atoms with Gasteiger partial charge in [0.1, 0.15) is 6.17 Å². The molecule has 0 spiro atoms. The third-order valence-corrected chi connectivity index (χ3v) is 4.42. The Morgan fingerprint density at radius 3 is 2.60 bits per heavy atom. The van der Waals surface area contributed by atoms with E-state index >= 15 is 0 Å². The molecule has 1 N–H and O–H groups in total. The Hall–Kier alpha value is -1.06. The first-order valence-electron chi connectivity index (χ1n) is 7.51. The van der Waals surface area contributed by atoms with E-state index in [-0.39, 0.29) is 18.1 Å². The zero-order chi connectivity index (χ0) is 14.1. The Bertz CT molecular complexity index is 484. The van der Waals surface area contributed by atoms with Crippen LogP contribution in [0.25, 0.3) is 0 Å². The first-order valence-corrected chi connectivity index (χ1v) is 7.89. The van der Waals surface area contributed by atoms with E-state index in [1.807, 2.05) is 29.2 Å². The van der Waals surface area contributed by atoms with Gasteiger partial charge in [-0.15, -0.1) is 0 Å². The fourth-order valence-corrected chi connectivity index (χ4v) is 3.00. The third kappa shape index (κ3) is 2.84. The van der Waals surface area contributed by atoms with E-state index in [0.29, 0.717) is 5.92 Å². The maximum atomic E-state index is 12.5. The Labute approximate surface area is 125 Å².